The minimum atomic E-state index is -0.600. The van der Waals surface area contributed by atoms with Crippen LogP contribution in [-0.4, -0.2) is 55.3 Å². The standard InChI is InChI=1S/C12H17N5O4/c1-15-7-13-4-9(15)6-21-14-11(18)10-3-2-8-5-16(10)12(19)17(8)20/h4,7-8,10,20H,2-3,5-6H2,1H3,(H,14,18). The molecule has 0 aliphatic carbocycles. The van der Waals surface area contributed by atoms with Gasteiger partial charge in [0.15, 0.2) is 0 Å². The molecule has 2 unspecified atom stereocenters. The Morgan fingerprint density at radius 2 is 2.38 bits per heavy atom. The number of fused-ring (bicyclic) bond motifs is 2. The first kappa shape index (κ1) is 13.8. The number of piperidine rings is 1. The Kier molecular flexibility index (Phi) is 3.52. The van der Waals surface area contributed by atoms with Gasteiger partial charge in [-0.2, -0.15) is 0 Å². The highest BCUT2D eigenvalue weighted by atomic mass is 16.7. The summed E-state index contributed by atoms with van der Waals surface area (Å²) in [6, 6.07) is -1.33. The van der Waals surface area contributed by atoms with E-state index in [4.69, 9.17) is 4.84 Å². The molecule has 2 aliphatic heterocycles. The lowest BCUT2D eigenvalue weighted by molar-refractivity contribution is -0.140. The van der Waals surface area contributed by atoms with Crippen LogP contribution in [0.25, 0.3) is 0 Å². The molecular weight excluding hydrogens is 278 g/mol. The van der Waals surface area contributed by atoms with E-state index in [0.29, 0.717) is 24.4 Å². The van der Waals surface area contributed by atoms with E-state index in [-0.39, 0.29) is 18.6 Å². The molecular formula is C12H17N5O4. The molecule has 21 heavy (non-hydrogen) atoms. The maximum atomic E-state index is 12.1. The lowest BCUT2D eigenvalue weighted by Gasteiger charge is -2.28. The van der Waals surface area contributed by atoms with Crippen LogP contribution in [0.3, 0.4) is 0 Å². The van der Waals surface area contributed by atoms with Crippen LogP contribution in [0.15, 0.2) is 12.5 Å². The Hall–Kier alpha value is -2.13. The Bertz CT molecular complexity index is 560. The second-order valence-electron chi connectivity index (χ2n) is 5.28. The monoisotopic (exact) mass is 295 g/mol. The number of hydrogen-bond donors (Lipinski definition) is 2. The molecule has 2 aliphatic rings. The van der Waals surface area contributed by atoms with Gasteiger partial charge in [-0.3, -0.25) is 14.8 Å². The van der Waals surface area contributed by atoms with Gasteiger partial charge in [0.2, 0.25) is 0 Å². The summed E-state index contributed by atoms with van der Waals surface area (Å²) in [5, 5.41) is 10.3. The molecule has 1 aromatic rings. The van der Waals surface area contributed by atoms with Crippen LogP contribution >= 0.6 is 0 Å². The highest BCUT2D eigenvalue weighted by molar-refractivity contribution is 5.87. The first-order valence-corrected chi connectivity index (χ1v) is 6.73. The fraction of sp³-hybridized carbons (Fsp3) is 0.583. The second-order valence-corrected chi connectivity index (χ2v) is 5.28. The van der Waals surface area contributed by atoms with Gasteiger partial charge in [0.25, 0.3) is 5.91 Å². The first-order chi connectivity index (χ1) is 10.1. The van der Waals surface area contributed by atoms with Crippen molar-refractivity contribution in [2.75, 3.05) is 6.54 Å². The molecule has 114 valence electrons. The van der Waals surface area contributed by atoms with E-state index in [1.54, 1.807) is 17.1 Å². The number of nitrogens with one attached hydrogen (secondary N) is 1. The van der Waals surface area contributed by atoms with E-state index < -0.39 is 12.1 Å². The molecule has 2 bridgehead atoms. The van der Waals surface area contributed by atoms with Crippen molar-refractivity contribution in [2.24, 2.45) is 7.05 Å². The van der Waals surface area contributed by atoms with Crippen LogP contribution in [0.1, 0.15) is 18.5 Å². The molecule has 0 saturated carbocycles. The third-order valence-corrected chi connectivity index (χ3v) is 3.96. The van der Waals surface area contributed by atoms with Crippen LogP contribution in [0, 0.1) is 0 Å². The summed E-state index contributed by atoms with van der Waals surface area (Å²) in [6.45, 7) is 0.562. The van der Waals surface area contributed by atoms with Crippen LogP contribution in [0.5, 0.6) is 0 Å². The van der Waals surface area contributed by atoms with Gasteiger partial charge in [0, 0.05) is 13.6 Å². The summed E-state index contributed by atoms with van der Waals surface area (Å²) in [5.74, 6) is -0.376. The van der Waals surface area contributed by atoms with Crippen molar-refractivity contribution in [3.05, 3.63) is 18.2 Å². The van der Waals surface area contributed by atoms with Crippen LogP contribution in [-0.2, 0) is 23.3 Å². The minimum Gasteiger partial charge on any atom is -0.336 e. The molecule has 3 amide bonds. The van der Waals surface area contributed by atoms with Gasteiger partial charge in [-0.1, -0.05) is 0 Å². The van der Waals surface area contributed by atoms with Crippen molar-refractivity contribution in [3.8, 4) is 0 Å². The average molecular weight is 295 g/mol. The predicted octanol–water partition coefficient (Wildman–Crippen LogP) is -0.374. The molecule has 0 spiro atoms. The third-order valence-electron chi connectivity index (χ3n) is 3.96. The normalized spacial score (nSPS) is 24.6. The molecule has 1 aromatic heterocycles. The zero-order valence-corrected chi connectivity index (χ0v) is 11.6. The summed E-state index contributed by atoms with van der Waals surface area (Å²) in [4.78, 5) is 34.4. The van der Waals surface area contributed by atoms with Crippen molar-refractivity contribution in [2.45, 2.75) is 31.5 Å². The molecule has 0 radical (unpaired) electrons. The molecule has 2 fully saturated rings. The number of hydrogen-bond acceptors (Lipinski definition) is 5. The van der Waals surface area contributed by atoms with E-state index in [1.165, 1.54) is 4.90 Å². The zero-order chi connectivity index (χ0) is 15.0. The molecule has 3 rings (SSSR count). The minimum absolute atomic E-state index is 0.192. The van der Waals surface area contributed by atoms with Gasteiger partial charge in [-0.05, 0) is 12.8 Å². The smallest absolute Gasteiger partial charge is 0.336 e. The number of hydroxylamine groups is 3. The maximum absolute atomic E-state index is 12.1. The van der Waals surface area contributed by atoms with Gasteiger partial charge >= 0.3 is 6.03 Å². The van der Waals surface area contributed by atoms with Gasteiger partial charge < -0.3 is 9.47 Å². The number of aryl methyl sites for hydroxylation is 1. The number of carbonyl (C=O) groups excluding carboxylic acids is 2. The van der Waals surface area contributed by atoms with Crippen molar-refractivity contribution in [3.63, 3.8) is 0 Å². The highest BCUT2D eigenvalue weighted by Crippen LogP contribution is 2.28. The summed E-state index contributed by atoms with van der Waals surface area (Å²) in [6.07, 6.45) is 4.39. The van der Waals surface area contributed by atoms with Crippen LogP contribution < -0.4 is 5.48 Å². The number of imidazole rings is 1. The topological polar surface area (TPSA) is 99.9 Å². The van der Waals surface area contributed by atoms with Gasteiger partial charge in [-0.15, -0.1) is 0 Å². The Morgan fingerprint density at radius 3 is 3.10 bits per heavy atom. The number of nitrogens with zero attached hydrogens (tertiary/aromatic N) is 4. The van der Waals surface area contributed by atoms with Gasteiger partial charge in [0.1, 0.15) is 12.6 Å². The third kappa shape index (κ3) is 2.45. The largest absolute Gasteiger partial charge is 0.344 e. The average Bonchev–Trinajstić information content (AvgIpc) is 2.98. The van der Waals surface area contributed by atoms with E-state index >= 15 is 0 Å². The molecule has 2 N–H and O–H groups in total. The van der Waals surface area contributed by atoms with Crippen LogP contribution in [0.4, 0.5) is 4.79 Å². The summed E-state index contributed by atoms with van der Waals surface area (Å²) < 4.78 is 1.78. The molecule has 2 saturated heterocycles. The zero-order valence-electron chi connectivity index (χ0n) is 11.6. The Balaban J connectivity index is 1.54. The lowest BCUT2D eigenvalue weighted by atomic mass is 10.0. The van der Waals surface area contributed by atoms with E-state index in [0.717, 1.165) is 5.69 Å². The summed E-state index contributed by atoms with van der Waals surface area (Å²) in [7, 11) is 1.83. The molecule has 3 heterocycles. The summed E-state index contributed by atoms with van der Waals surface area (Å²) in [5.41, 5.74) is 3.18. The predicted molar refractivity (Wildman–Crippen MR) is 68.7 cm³/mol. The fourth-order valence-electron chi connectivity index (χ4n) is 2.70. The van der Waals surface area contributed by atoms with Crippen molar-refractivity contribution < 1.29 is 19.6 Å². The lowest BCUT2D eigenvalue weighted by Crippen LogP contribution is -2.49. The highest BCUT2D eigenvalue weighted by Gasteiger charge is 2.46. The van der Waals surface area contributed by atoms with Gasteiger partial charge in [0.05, 0.1) is 24.3 Å². The van der Waals surface area contributed by atoms with Crippen molar-refractivity contribution in [1.29, 1.82) is 0 Å². The number of amides is 3. The van der Waals surface area contributed by atoms with E-state index in [2.05, 4.69) is 10.5 Å². The number of rotatable bonds is 4. The SMILES string of the molecule is Cn1cncc1CONC(=O)C1CCC2CN1C(=O)N2O. The van der Waals surface area contributed by atoms with Crippen molar-refractivity contribution >= 4 is 11.9 Å². The molecule has 2 atom stereocenters. The first-order valence-electron chi connectivity index (χ1n) is 6.73. The Labute approximate surface area is 121 Å². The molecule has 0 aromatic carbocycles. The van der Waals surface area contributed by atoms with Gasteiger partial charge in [-0.25, -0.2) is 20.3 Å². The Morgan fingerprint density at radius 1 is 1.57 bits per heavy atom. The number of carbonyl (C=O) groups is 2. The fourth-order valence-corrected chi connectivity index (χ4v) is 2.70. The second kappa shape index (κ2) is 5.34. The molecule has 9 heteroatoms. The summed E-state index contributed by atoms with van der Waals surface area (Å²) >= 11 is 0. The quantitative estimate of drug-likeness (QED) is 0.583. The van der Waals surface area contributed by atoms with Crippen molar-refractivity contribution in [1.82, 2.24) is 25.0 Å². The maximum Gasteiger partial charge on any atom is 0.344 e. The van der Waals surface area contributed by atoms with E-state index in [9.17, 15) is 14.8 Å². The number of aromatic nitrogens is 2. The number of urea groups is 1. The van der Waals surface area contributed by atoms with E-state index in [1.807, 2.05) is 7.05 Å². The molecule has 9 nitrogen and oxygen atoms in total. The van der Waals surface area contributed by atoms with Crippen LogP contribution in [0.2, 0.25) is 0 Å².